The lowest BCUT2D eigenvalue weighted by atomic mass is 10.2. The maximum Gasteiger partial charge on any atom is 0.289 e. The van der Waals surface area contributed by atoms with E-state index in [-0.39, 0.29) is 34.6 Å². The summed E-state index contributed by atoms with van der Waals surface area (Å²) in [6.07, 6.45) is 1.54. The van der Waals surface area contributed by atoms with E-state index in [2.05, 4.69) is 5.32 Å². The van der Waals surface area contributed by atoms with Gasteiger partial charge in [-0.05, 0) is 30.3 Å². The summed E-state index contributed by atoms with van der Waals surface area (Å²) in [4.78, 5) is 24.7. The third kappa shape index (κ3) is 5.56. The number of anilines is 1. The van der Waals surface area contributed by atoms with Crippen LogP contribution in [-0.2, 0) is 17.9 Å². The molecule has 0 atom stereocenters. The monoisotopic (exact) mass is 415 g/mol. The normalized spacial score (nSPS) is 10.8. The number of para-hydroxylation sites is 1. The first-order valence-corrected chi connectivity index (χ1v) is 9.05. The van der Waals surface area contributed by atoms with E-state index in [1.165, 1.54) is 18.2 Å². The number of aromatic hydroxyl groups is 1. The maximum atomic E-state index is 12.5. The molecular formula is C20H18ClN3O5. The highest BCUT2D eigenvalue weighted by Crippen LogP contribution is 2.27. The molecule has 0 saturated carbocycles. The first-order chi connectivity index (χ1) is 13.9. The number of carbonyl (C=O) groups excluding carboxylic acids is 1. The van der Waals surface area contributed by atoms with Crippen LogP contribution in [0.4, 0.5) is 11.4 Å². The van der Waals surface area contributed by atoms with Gasteiger partial charge in [0, 0.05) is 23.9 Å². The fraction of sp³-hybridized carbons (Fsp3) is 0.150. The van der Waals surface area contributed by atoms with Crippen LogP contribution in [-0.4, -0.2) is 27.4 Å². The Morgan fingerprint density at radius 1 is 1.17 bits per heavy atom. The predicted octanol–water partition coefficient (Wildman–Crippen LogP) is 4.19. The second kappa shape index (κ2) is 9.22. The summed E-state index contributed by atoms with van der Waals surface area (Å²) < 4.78 is 5.36. The molecule has 0 unspecified atom stereocenters. The number of nitro benzene ring substituents is 1. The Kier molecular flexibility index (Phi) is 6.48. The number of phenols is 1. The number of nitrogens with one attached hydrogen (secondary N) is 1. The molecular weight excluding hydrogens is 398 g/mol. The molecule has 0 aliphatic carbocycles. The van der Waals surface area contributed by atoms with Gasteiger partial charge in [-0.3, -0.25) is 19.8 Å². The Bertz CT molecular complexity index is 1010. The van der Waals surface area contributed by atoms with Crippen LogP contribution in [0.5, 0.6) is 5.75 Å². The van der Waals surface area contributed by atoms with E-state index >= 15 is 0 Å². The number of carbonyl (C=O) groups is 1. The number of hydrogen-bond acceptors (Lipinski definition) is 6. The molecule has 0 saturated heterocycles. The zero-order valence-electron chi connectivity index (χ0n) is 15.2. The van der Waals surface area contributed by atoms with Crippen molar-refractivity contribution in [3.05, 3.63) is 87.3 Å². The number of rotatable bonds is 8. The Morgan fingerprint density at radius 3 is 2.66 bits per heavy atom. The molecule has 2 aromatic carbocycles. The molecule has 1 amide bonds. The lowest BCUT2D eigenvalue weighted by Crippen LogP contribution is -2.32. The number of nitrogens with zero attached hydrogens (tertiary/aromatic N) is 2. The molecule has 0 aliphatic heterocycles. The van der Waals surface area contributed by atoms with Crippen LogP contribution in [0.25, 0.3) is 0 Å². The molecule has 3 aromatic rings. The fourth-order valence-electron chi connectivity index (χ4n) is 2.81. The summed E-state index contributed by atoms with van der Waals surface area (Å²) in [5, 5.41) is 23.7. The average molecular weight is 416 g/mol. The number of nitro groups is 1. The SMILES string of the molecule is O=C(CN(Cc1ccco1)Cc1ccccc1O)Nc1ccc(Cl)c([N+](=O)[O-])c1. The van der Waals surface area contributed by atoms with Gasteiger partial charge in [0.05, 0.1) is 24.3 Å². The van der Waals surface area contributed by atoms with E-state index in [0.717, 1.165) is 0 Å². The fourth-order valence-corrected chi connectivity index (χ4v) is 3.00. The van der Waals surface area contributed by atoms with Gasteiger partial charge >= 0.3 is 0 Å². The maximum absolute atomic E-state index is 12.5. The van der Waals surface area contributed by atoms with Crippen molar-refractivity contribution in [2.24, 2.45) is 0 Å². The van der Waals surface area contributed by atoms with Gasteiger partial charge in [-0.15, -0.1) is 0 Å². The van der Waals surface area contributed by atoms with Gasteiger partial charge < -0.3 is 14.8 Å². The van der Waals surface area contributed by atoms with E-state index < -0.39 is 4.92 Å². The lowest BCUT2D eigenvalue weighted by Gasteiger charge is -2.21. The standard InChI is InChI=1S/C20H18ClN3O5/c21-17-8-7-15(10-18(17)24(27)28)22-20(26)13-23(12-16-5-3-9-29-16)11-14-4-1-2-6-19(14)25/h1-10,25H,11-13H2,(H,22,26). The molecule has 1 heterocycles. The second-order valence-electron chi connectivity index (χ2n) is 6.32. The highest BCUT2D eigenvalue weighted by atomic mass is 35.5. The van der Waals surface area contributed by atoms with Crippen molar-refractivity contribution >= 4 is 28.9 Å². The molecule has 1 aromatic heterocycles. The molecule has 8 nitrogen and oxygen atoms in total. The number of benzene rings is 2. The summed E-state index contributed by atoms with van der Waals surface area (Å²) in [6.45, 7) is 0.628. The number of phenolic OH excluding ortho intramolecular Hbond substituents is 1. The first-order valence-electron chi connectivity index (χ1n) is 8.68. The highest BCUT2D eigenvalue weighted by molar-refractivity contribution is 6.32. The summed E-state index contributed by atoms with van der Waals surface area (Å²) in [6, 6.07) is 14.5. The van der Waals surface area contributed by atoms with Gasteiger partial charge in [0.2, 0.25) is 5.91 Å². The zero-order valence-corrected chi connectivity index (χ0v) is 16.0. The molecule has 0 bridgehead atoms. The van der Waals surface area contributed by atoms with Gasteiger partial charge in [0.1, 0.15) is 16.5 Å². The summed E-state index contributed by atoms with van der Waals surface area (Å²) in [7, 11) is 0. The van der Waals surface area contributed by atoms with Crippen molar-refractivity contribution in [1.29, 1.82) is 0 Å². The first kappa shape index (κ1) is 20.4. The van der Waals surface area contributed by atoms with Crippen LogP contribution in [0.3, 0.4) is 0 Å². The molecule has 0 fully saturated rings. The van der Waals surface area contributed by atoms with Crippen LogP contribution in [0.2, 0.25) is 5.02 Å². The molecule has 29 heavy (non-hydrogen) atoms. The Hall–Kier alpha value is -3.36. The van der Waals surface area contributed by atoms with Gasteiger partial charge in [0.25, 0.3) is 5.69 Å². The van der Waals surface area contributed by atoms with Crippen molar-refractivity contribution in [2.75, 3.05) is 11.9 Å². The third-order valence-corrected chi connectivity index (χ3v) is 4.46. The molecule has 9 heteroatoms. The molecule has 2 N–H and O–H groups in total. The third-order valence-electron chi connectivity index (χ3n) is 4.14. The van der Waals surface area contributed by atoms with Crippen LogP contribution in [0, 0.1) is 10.1 Å². The Balaban J connectivity index is 1.73. The van der Waals surface area contributed by atoms with Crippen molar-refractivity contribution < 1.29 is 19.2 Å². The quantitative estimate of drug-likeness (QED) is 0.422. The van der Waals surface area contributed by atoms with Gasteiger partial charge in [-0.2, -0.15) is 0 Å². The number of furan rings is 1. The Morgan fingerprint density at radius 2 is 1.97 bits per heavy atom. The summed E-state index contributed by atoms with van der Waals surface area (Å²) in [5.74, 6) is 0.421. The van der Waals surface area contributed by atoms with E-state index in [0.29, 0.717) is 24.4 Å². The van der Waals surface area contributed by atoms with Gasteiger partial charge in [-0.1, -0.05) is 29.8 Å². The van der Waals surface area contributed by atoms with Crippen LogP contribution >= 0.6 is 11.6 Å². The molecule has 0 radical (unpaired) electrons. The number of hydrogen-bond donors (Lipinski definition) is 2. The minimum Gasteiger partial charge on any atom is -0.508 e. The van der Waals surface area contributed by atoms with E-state index in [1.54, 1.807) is 47.6 Å². The molecule has 0 aliphatic rings. The van der Waals surface area contributed by atoms with Crippen LogP contribution in [0.1, 0.15) is 11.3 Å². The minimum atomic E-state index is -0.612. The molecule has 3 rings (SSSR count). The smallest absolute Gasteiger partial charge is 0.289 e. The van der Waals surface area contributed by atoms with Gasteiger partial charge in [0.15, 0.2) is 0 Å². The summed E-state index contributed by atoms with van der Waals surface area (Å²) in [5.41, 5.74) is 0.645. The zero-order chi connectivity index (χ0) is 20.8. The highest BCUT2D eigenvalue weighted by Gasteiger charge is 2.17. The van der Waals surface area contributed by atoms with E-state index in [1.807, 2.05) is 0 Å². The van der Waals surface area contributed by atoms with Crippen molar-refractivity contribution in [3.8, 4) is 5.75 Å². The van der Waals surface area contributed by atoms with Gasteiger partial charge in [-0.25, -0.2) is 0 Å². The van der Waals surface area contributed by atoms with Crippen molar-refractivity contribution in [3.63, 3.8) is 0 Å². The molecule has 0 spiro atoms. The predicted molar refractivity (Wildman–Crippen MR) is 108 cm³/mol. The van der Waals surface area contributed by atoms with Crippen molar-refractivity contribution in [2.45, 2.75) is 13.1 Å². The number of halogens is 1. The summed E-state index contributed by atoms with van der Waals surface area (Å²) >= 11 is 5.80. The van der Waals surface area contributed by atoms with Crippen LogP contribution < -0.4 is 5.32 Å². The lowest BCUT2D eigenvalue weighted by molar-refractivity contribution is -0.384. The van der Waals surface area contributed by atoms with E-state index in [9.17, 15) is 20.0 Å². The van der Waals surface area contributed by atoms with E-state index in [4.69, 9.17) is 16.0 Å². The minimum absolute atomic E-state index is 0.00741. The Labute approximate surface area is 171 Å². The number of amides is 1. The van der Waals surface area contributed by atoms with Crippen molar-refractivity contribution in [1.82, 2.24) is 4.90 Å². The average Bonchev–Trinajstić information content (AvgIpc) is 3.18. The second-order valence-corrected chi connectivity index (χ2v) is 6.73. The van der Waals surface area contributed by atoms with Crippen LogP contribution in [0.15, 0.2) is 65.3 Å². The molecule has 150 valence electrons. The topological polar surface area (TPSA) is 109 Å². The largest absolute Gasteiger partial charge is 0.508 e.